The highest BCUT2D eigenvalue weighted by Gasteiger charge is 2.21. The lowest BCUT2D eigenvalue weighted by Crippen LogP contribution is -2.42. The maximum Gasteiger partial charge on any atom is 0.337 e. The minimum absolute atomic E-state index is 0.0234. The highest BCUT2D eigenvalue weighted by Crippen LogP contribution is 2.21. The molecule has 0 radical (unpaired) electrons. The number of urea groups is 1. The molecule has 0 unspecified atom stereocenters. The van der Waals surface area contributed by atoms with E-state index in [0.29, 0.717) is 12.1 Å². The summed E-state index contributed by atoms with van der Waals surface area (Å²) in [6.45, 7) is 3.13. The number of aliphatic hydroxyl groups is 1. The van der Waals surface area contributed by atoms with Crippen molar-refractivity contribution in [2.45, 2.75) is 19.9 Å². The number of hydrogen-bond donors (Lipinski definition) is 3. The molecule has 8 heteroatoms. The fourth-order valence-corrected chi connectivity index (χ4v) is 1.72. The van der Waals surface area contributed by atoms with Crippen molar-refractivity contribution in [3.63, 3.8) is 0 Å². The Morgan fingerprint density at radius 3 is 2.33 bits per heavy atom. The van der Waals surface area contributed by atoms with Crippen LogP contribution in [0.15, 0.2) is 12.1 Å². The molecule has 0 heterocycles. The Bertz CT molecular complexity index is 549. The van der Waals surface area contributed by atoms with E-state index in [1.165, 1.54) is 4.90 Å². The SMILES string of the molecule is CC(C)N(CCO)C(=O)Nc1cc(F)c(F)cc1C(=O)O. The van der Waals surface area contributed by atoms with Gasteiger partial charge in [-0.25, -0.2) is 18.4 Å². The van der Waals surface area contributed by atoms with Gasteiger partial charge >= 0.3 is 12.0 Å². The van der Waals surface area contributed by atoms with Gasteiger partial charge in [0, 0.05) is 18.7 Å². The number of halogens is 2. The van der Waals surface area contributed by atoms with Gasteiger partial charge < -0.3 is 20.4 Å². The van der Waals surface area contributed by atoms with Crippen molar-refractivity contribution in [3.05, 3.63) is 29.3 Å². The Balaban J connectivity index is 3.08. The Labute approximate surface area is 120 Å². The molecule has 0 saturated carbocycles. The van der Waals surface area contributed by atoms with Crippen LogP contribution in [0.3, 0.4) is 0 Å². The van der Waals surface area contributed by atoms with Crippen molar-refractivity contribution in [1.82, 2.24) is 4.90 Å². The molecule has 0 fully saturated rings. The number of aromatic carboxylic acids is 1. The molecular weight excluding hydrogens is 286 g/mol. The summed E-state index contributed by atoms with van der Waals surface area (Å²) in [6.07, 6.45) is 0. The third-order valence-electron chi connectivity index (χ3n) is 2.76. The number of nitrogens with one attached hydrogen (secondary N) is 1. The number of rotatable bonds is 5. The summed E-state index contributed by atoms with van der Waals surface area (Å²) in [4.78, 5) is 24.2. The zero-order chi connectivity index (χ0) is 16.2. The molecule has 1 aromatic carbocycles. The van der Waals surface area contributed by atoms with Crippen molar-refractivity contribution >= 4 is 17.7 Å². The quantitative estimate of drug-likeness (QED) is 0.775. The first-order valence-corrected chi connectivity index (χ1v) is 6.18. The summed E-state index contributed by atoms with van der Waals surface area (Å²) in [5.41, 5.74) is -0.912. The minimum Gasteiger partial charge on any atom is -0.478 e. The second-order valence-corrected chi connectivity index (χ2v) is 4.56. The lowest BCUT2D eigenvalue weighted by Gasteiger charge is -2.26. The Hall–Kier alpha value is -2.22. The van der Waals surface area contributed by atoms with E-state index in [0.717, 1.165) is 0 Å². The van der Waals surface area contributed by atoms with Gasteiger partial charge in [0.15, 0.2) is 11.6 Å². The molecule has 0 saturated heterocycles. The number of nitrogens with zero attached hydrogens (tertiary/aromatic N) is 1. The van der Waals surface area contributed by atoms with E-state index in [2.05, 4.69) is 5.32 Å². The van der Waals surface area contributed by atoms with Crippen LogP contribution in [0.1, 0.15) is 24.2 Å². The molecule has 0 aliphatic rings. The second kappa shape index (κ2) is 6.98. The standard InChI is InChI=1S/C13H16F2N2O4/c1-7(2)17(3-4-18)13(21)16-11-6-10(15)9(14)5-8(11)12(19)20/h5-7,18H,3-4H2,1-2H3,(H,16,21)(H,19,20). The van der Waals surface area contributed by atoms with Crippen molar-refractivity contribution in [2.75, 3.05) is 18.5 Å². The van der Waals surface area contributed by atoms with E-state index in [4.69, 9.17) is 10.2 Å². The highest BCUT2D eigenvalue weighted by molar-refractivity contribution is 6.00. The van der Waals surface area contributed by atoms with Gasteiger partial charge in [0.2, 0.25) is 0 Å². The van der Waals surface area contributed by atoms with Crippen LogP contribution in [0, 0.1) is 11.6 Å². The molecule has 0 spiro atoms. The van der Waals surface area contributed by atoms with Gasteiger partial charge in [-0.3, -0.25) is 0 Å². The van der Waals surface area contributed by atoms with E-state index in [1.807, 2.05) is 0 Å². The van der Waals surface area contributed by atoms with Gasteiger partial charge in [-0.1, -0.05) is 0 Å². The first-order chi connectivity index (χ1) is 9.77. The summed E-state index contributed by atoms with van der Waals surface area (Å²) in [5, 5.41) is 20.1. The minimum atomic E-state index is -1.50. The predicted octanol–water partition coefficient (Wildman–Crippen LogP) is 1.90. The lowest BCUT2D eigenvalue weighted by molar-refractivity contribution is 0.0697. The summed E-state index contributed by atoms with van der Waals surface area (Å²) >= 11 is 0. The largest absolute Gasteiger partial charge is 0.478 e. The zero-order valence-electron chi connectivity index (χ0n) is 11.6. The van der Waals surface area contributed by atoms with Gasteiger partial charge in [-0.05, 0) is 19.9 Å². The molecule has 3 N–H and O–H groups in total. The number of anilines is 1. The number of carboxylic acid groups (broad SMARTS) is 1. The highest BCUT2D eigenvalue weighted by atomic mass is 19.2. The van der Waals surface area contributed by atoms with Gasteiger partial charge in [-0.2, -0.15) is 0 Å². The monoisotopic (exact) mass is 302 g/mol. The molecule has 0 aliphatic heterocycles. The molecule has 0 atom stereocenters. The van der Waals surface area contributed by atoms with Crippen molar-refractivity contribution in [2.24, 2.45) is 0 Å². The molecule has 6 nitrogen and oxygen atoms in total. The molecule has 1 aromatic rings. The van der Waals surface area contributed by atoms with E-state index in [9.17, 15) is 18.4 Å². The maximum absolute atomic E-state index is 13.2. The van der Waals surface area contributed by atoms with Crippen molar-refractivity contribution in [3.8, 4) is 0 Å². The van der Waals surface area contributed by atoms with Crippen molar-refractivity contribution < 1.29 is 28.6 Å². The molecule has 0 aliphatic carbocycles. The first kappa shape index (κ1) is 16.8. The van der Waals surface area contributed by atoms with Gasteiger partial charge in [0.05, 0.1) is 17.9 Å². The number of aliphatic hydroxyl groups excluding tert-OH is 1. The van der Waals surface area contributed by atoms with Crippen LogP contribution >= 0.6 is 0 Å². The Morgan fingerprint density at radius 2 is 1.86 bits per heavy atom. The number of amides is 2. The van der Waals surface area contributed by atoms with Crippen LogP contribution in [-0.4, -0.2) is 46.3 Å². The number of carbonyl (C=O) groups excluding carboxylic acids is 1. The number of carbonyl (C=O) groups is 2. The first-order valence-electron chi connectivity index (χ1n) is 6.18. The topological polar surface area (TPSA) is 89.9 Å². The molecule has 116 valence electrons. The Morgan fingerprint density at radius 1 is 1.29 bits per heavy atom. The Kier molecular flexibility index (Phi) is 5.60. The lowest BCUT2D eigenvalue weighted by atomic mass is 10.1. The summed E-state index contributed by atoms with van der Waals surface area (Å²) in [5.74, 6) is -4.09. The van der Waals surface area contributed by atoms with E-state index in [1.54, 1.807) is 13.8 Å². The molecule has 21 heavy (non-hydrogen) atoms. The molecule has 0 aromatic heterocycles. The molecule has 0 bridgehead atoms. The normalized spacial score (nSPS) is 10.6. The van der Waals surface area contributed by atoms with Gasteiger partial charge in [0.25, 0.3) is 0 Å². The van der Waals surface area contributed by atoms with E-state index >= 15 is 0 Å². The third-order valence-corrected chi connectivity index (χ3v) is 2.76. The number of carboxylic acids is 1. The van der Waals surface area contributed by atoms with Crippen LogP contribution in [-0.2, 0) is 0 Å². The number of hydrogen-bond acceptors (Lipinski definition) is 3. The average molecular weight is 302 g/mol. The van der Waals surface area contributed by atoms with Crippen LogP contribution < -0.4 is 5.32 Å². The smallest absolute Gasteiger partial charge is 0.337 e. The van der Waals surface area contributed by atoms with Crippen molar-refractivity contribution in [1.29, 1.82) is 0 Å². The van der Waals surface area contributed by atoms with Gasteiger partial charge in [0.1, 0.15) is 0 Å². The fourth-order valence-electron chi connectivity index (χ4n) is 1.72. The van der Waals surface area contributed by atoms with E-state index < -0.39 is 29.2 Å². The molecule has 2 amide bonds. The van der Waals surface area contributed by atoms with Gasteiger partial charge in [-0.15, -0.1) is 0 Å². The average Bonchev–Trinajstić information content (AvgIpc) is 2.38. The van der Waals surface area contributed by atoms with E-state index in [-0.39, 0.29) is 24.9 Å². The summed E-state index contributed by atoms with van der Waals surface area (Å²) < 4.78 is 26.3. The third kappa shape index (κ3) is 4.12. The predicted molar refractivity (Wildman–Crippen MR) is 71.3 cm³/mol. The van der Waals surface area contributed by atoms with Crippen LogP contribution in [0.2, 0.25) is 0 Å². The fraction of sp³-hybridized carbons (Fsp3) is 0.385. The number of benzene rings is 1. The zero-order valence-corrected chi connectivity index (χ0v) is 11.6. The van der Waals surface area contributed by atoms with Crippen LogP contribution in [0.25, 0.3) is 0 Å². The summed E-state index contributed by atoms with van der Waals surface area (Å²) in [6, 6.07) is 0.121. The summed E-state index contributed by atoms with van der Waals surface area (Å²) in [7, 11) is 0. The van der Waals surface area contributed by atoms with Crippen LogP contribution in [0.4, 0.5) is 19.3 Å². The molecule has 1 rings (SSSR count). The second-order valence-electron chi connectivity index (χ2n) is 4.56. The van der Waals surface area contributed by atoms with Crippen LogP contribution in [0.5, 0.6) is 0 Å². The maximum atomic E-state index is 13.2. The molecular formula is C13H16F2N2O4.